The molecule has 2 amide bonds. The van der Waals surface area contributed by atoms with E-state index in [4.69, 9.17) is 11.5 Å². The molecule has 0 heterocycles. The molecule has 0 aliphatic carbocycles. The van der Waals surface area contributed by atoms with Crippen LogP contribution in [0.4, 0.5) is 0 Å². The molecule has 0 spiro atoms. The molecular weight excluding hydrogens is 216 g/mol. The van der Waals surface area contributed by atoms with Gasteiger partial charge in [-0.25, -0.2) is 0 Å². The Morgan fingerprint density at radius 2 is 1.59 bits per heavy atom. The molecule has 0 radical (unpaired) electrons. The first-order chi connectivity index (χ1) is 7.97. The van der Waals surface area contributed by atoms with Crippen LogP contribution in [0.1, 0.15) is 51.6 Å². The number of carbonyl (C=O) groups excluding carboxylic acids is 2. The third-order valence-electron chi connectivity index (χ3n) is 2.71. The summed E-state index contributed by atoms with van der Waals surface area (Å²) in [5.74, 6) is -1.02. The van der Waals surface area contributed by atoms with E-state index in [9.17, 15) is 9.59 Å². The number of primary amides is 2. The van der Waals surface area contributed by atoms with Crippen molar-refractivity contribution in [3.8, 4) is 0 Å². The normalized spacial score (nSPS) is 10.2. The Morgan fingerprint density at radius 1 is 1.12 bits per heavy atom. The van der Waals surface area contributed by atoms with Crippen LogP contribution in [0.5, 0.6) is 0 Å². The SMILES string of the molecule is CCCCc1c(C(N)=O)cc(C)cc1C(N)=O. The fraction of sp³-hybridized carbons (Fsp3) is 0.385. The lowest BCUT2D eigenvalue weighted by Gasteiger charge is -2.12. The molecule has 0 fully saturated rings. The second kappa shape index (κ2) is 5.48. The van der Waals surface area contributed by atoms with Crippen LogP contribution < -0.4 is 11.5 Å². The quantitative estimate of drug-likeness (QED) is 0.809. The Labute approximate surface area is 101 Å². The third-order valence-corrected chi connectivity index (χ3v) is 2.71. The Hall–Kier alpha value is -1.84. The van der Waals surface area contributed by atoms with Crippen molar-refractivity contribution in [3.63, 3.8) is 0 Å². The predicted octanol–water partition coefficient (Wildman–Crippen LogP) is 1.54. The Balaban J connectivity index is 3.36. The van der Waals surface area contributed by atoms with Gasteiger partial charge < -0.3 is 11.5 Å². The molecule has 0 aliphatic rings. The van der Waals surface area contributed by atoms with Crippen LogP contribution in [0.25, 0.3) is 0 Å². The van der Waals surface area contributed by atoms with Gasteiger partial charge in [-0.1, -0.05) is 13.3 Å². The molecule has 0 saturated heterocycles. The molecule has 4 N–H and O–H groups in total. The molecule has 0 saturated carbocycles. The molecule has 1 aromatic rings. The average molecular weight is 234 g/mol. The summed E-state index contributed by atoms with van der Waals surface area (Å²) in [7, 11) is 0. The number of hydrogen-bond acceptors (Lipinski definition) is 2. The van der Waals surface area contributed by atoms with Gasteiger partial charge >= 0.3 is 0 Å². The number of aryl methyl sites for hydroxylation is 1. The lowest BCUT2D eigenvalue weighted by molar-refractivity contribution is 0.0999. The van der Waals surface area contributed by atoms with Gasteiger partial charge in [-0.3, -0.25) is 9.59 Å². The van der Waals surface area contributed by atoms with E-state index in [1.54, 1.807) is 12.1 Å². The minimum Gasteiger partial charge on any atom is -0.366 e. The molecular formula is C13H18N2O2. The summed E-state index contributed by atoms with van der Waals surface area (Å²) in [5.41, 5.74) is 13.0. The van der Waals surface area contributed by atoms with Crippen molar-refractivity contribution in [1.29, 1.82) is 0 Å². The van der Waals surface area contributed by atoms with Crippen LogP contribution in [-0.2, 0) is 6.42 Å². The maximum Gasteiger partial charge on any atom is 0.249 e. The molecule has 0 unspecified atom stereocenters. The molecule has 0 atom stereocenters. The zero-order valence-corrected chi connectivity index (χ0v) is 10.2. The highest BCUT2D eigenvalue weighted by molar-refractivity contribution is 6.01. The van der Waals surface area contributed by atoms with Crippen LogP contribution in [0, 0.1) is 6.92 Å². The lowest BCUT2D eigenvalue weighted by atomic mass is 9.93. The Bertz CT molecular complexity index is 418. The van der Waals surface area contributed by atoms with E-state index >= 15 is 0 Å². The summed E-state index contributed by atoms with van der Waals surface area (Å²) in [4.78, 5) is 22.8. The maximum absolute atomic E-state index is 11.4. The highest BCUT2D eigenvalue weighted by Crippen LogP contribution is 2.19. The number of nitrogens with two attached hydrogens (primary N) is 2. The van der Waals surface area contributed by atoms with Crippen molar-refractivity contribution in [2.45, 2.75) is 33.1 Å². The first-order valence-corrected chi connectivity index (χ1v) is 5.70. The molecule has 4 heteroatoms. The number of unbranched alkanes of at least 4 members (excludes halogenated alkanes) is 1. The van der Waals surface area contributed by atoms with E-state index in [1.807, 2.05) is 13.8 Å². The van der Waals surface area contributed by atoms with E-state index in [2.05, 4.69) is 0 Å². The summed E-state index contributed by atoms with van der Waals surface area (Å²) < 4.78 is 0. The number of carbonyl (C=O) groups is 2. The average Bonchev–Trinajstić information content (AvgIpc) is 2.26. The largest absolute Gasteiger partial charge is 0.366 e. The van der Waals surface area contributed by atoms with Gasteiger partial charge in [-0.2, -0.15) is 0 Å². The van der Waals surface area contributed by atoms with E-state index < -0.39 is 11.8 Å². The standard InChI is InChI=1S/C13H18N2O2/c1-3-4-5-9-10(12(14)16)6-8(2)7-11(9)13(15)17/h6-7H,3-5H2,1-2H3,(H2,14,16)(H2,15,17). The van der Waals surface area contributed by atoms with E-state index in [0.29, 0.717) is 23.1 Å². The number of amides is 2. The van der Waals surface area contributed by atoms with Crippen LogP contribution in [0.3, 0.4) is 0 Å². The third kappa shape index (κ3) is 3.06. The highest BCUT2D eigenvalue weighted by atomic mass is 16.1. The Morgan fingerprint density at radius 3 is 1.94 bits per heavy atom. The molecule has 0 aliphatic heterocycles. The summed E-state index contributed by atoms with van der Waals surface area (Å²) in [5, 5.41) is 0. The van der Waals surface area contributed by atoms with Crippen LogP contribution in [0.2, 0.25) is 0 Å². The van der Waals surface area contributed by atoms with Crippen LogP contribution in [-0.4, -0.2) is 11.8 Å². The summed E-state index contributed by atoms with van der Waals surface area (Å²) in [6.45, 7) is 3.85. The summed E-state index contributed by atoms with van der Waals surface area (Å²) in [6, 6.07) is 3.42. The number of hydrogen-bond donors (Lipinski definition) is 2. The minimum absolute atomic E-state index is 0.409. The van der Waals surface area contributed by atoms with Gasteiger partial charge in [0.1, 0.15) is 0 Å². The molecule has 0 bridgehead atoms. The van der Waals surface area contributed by atoms with Gasteiger partial charge in [0.15, 0.2) is 0 Å². The first kappa shape index (κ1) is 13.2. The number of benzene rings is 1. The lowest BCUT2D eigenvalue weighted by Crippen LogP contribution is -2.20. The molecule has 1 rings (SSSR count). The van der Waals surface area contributed by atoms with Gasteiger partial charge in [0.05, 0.1) is 0 Å². The fourth-order valence-corrected chi connectivity index (χ4v) is 1.88. The van der Waals surface area contributed by atoms with Crippen molar-refractivity contribution >= 4 is 11.8 Å². The Kier molecular flexibility index (Phi) is 4.26. The zero-order chi connectivity index (χ0) is 13.0. The predicted molar refractivity (Wildman–Crippen MR) is 66.8 cm³/mol. The van der Waals surface area contributed by atoms with Crippen molar-refractivity contribution in [2.24, 2.45) is 11.5 Å². The monoisotopic (exact) mass is 234 g/mol. The van der Waals surface area contributed by atoms with E-state index in [1.165, 1.54) is 0 Å². The van der Waals surface area contributed by atoms with E-state index in [0.717, 1.165) is 18.4 Å². The van der Waals surface area contributed by atoms with Gasteiger partial charge in [-0.15, -0.1) is 0 Å². The van der Waals surface area contributed by atoms with Gasteiger partial charge in [-0.05, 0) is 43.0 Å². The first-order valence-electron chi connectivity index (χ1n) is 5.70. The topological polar surface area (TPSA) is 86.2 Å². The molecule has 4 nitrogen and oxygen atoms in total. The minimum atomic E-state index is -0.512. The van der Waals surface area contributed by atoms with E-state index in [-0.39, 0.29) is 0 Å². The zero-order valence-electron chi connectivity index (χ0n) is 10.2. The van der Waals surface area contributed by atoms with Crippen molar-refractivity contribution in [3.05, 3.63) is 34.4 Å². The number of rotatable bonds is 5. The van der Waals surface area contributed by atoms with Crippen molar-refractivity contribution < 1.29 is 9.59 Å². The highest BCUT2D eigenvalue weighted by Gasteiger charge is 2.16. The second-order valence-electron chi connectivity index (χ2n) is 4.17. The maximum atomic E-state index is 11.4. The van der Waals surface area contributed by atoms with Gasteiger partial charge in [0.2, 0.25) is 11.8 Å². The van der Waals surface area contributed by atoms with Gasteiger partial charge in [0.25, 0.3) is 0 Å². The molecule has 17 heavy (non-hydrogen) atoms. The van der Waals surface area contributed by atoms with Crippen molar-refractivity contribution in [1.82, 2.24) is 0 Å². The molecule has 0 aromatic heterocycles. The molecule has 92 valence electrons. The molecule has 1 aromatic carbocycles. The smallest absolute Gasteiger partial charge is 0.249 e. The van der Waals surface area contributed by atoms with Crippen molar-refractivity contribution in [2.75, 3.05) is 0 Å². The van der Waals surface area contributed by atoms with Crippen LogP contribution >= 0.6 is 0 Å². The second-order valence-corrected chi connectivity index (χ2v) is 4.17. The summed E-state index contributed by atoms with van der Waals surface area (Å²) in [6.07, 6.45) is 2.52. The fourth-order valence-electron chi connectivity index (χ4n) is 1.88. The van der Waals surface area contributed by atoms with Crippen LogP contribution in [0.15, 0.2) is 12.1 Å². The summed E-state index contributed by atoms with van der Waals surface area (Å²) >= 11 is 0. The van der Waals surface area contributed by atoms with Gasteiger partial charge in [0, 0.05) is 11.1 Å².